The summed E-state index contributed by atoms with van der Waals surface area (Å²) in [5.41, 5.74) is -1.54. The third-order valence-electron chi connectivity index (χ3n) is 5.83. The average Bonchev–Trinajstić information content (AvgIpc) is 3.32. The van der Waals surface area contributed by atoms with E-state index in [9.17, 15) is 27.2 Å². The molecule has 11 heteroatoms. The van der Waals surface area contributed by atoms with E-state index in [4.69, 9.17) is 4.43 Å². The first-order valence-electron chi connectivity index (χ1n) is 10.6. The molecule has 2 aromatic rings. The van der Waals surface area contributed by atoms with Gasteiger partial charge in [-0.05, 0) is 58.7 Å². The van der Waals surface area contributed by atoms with Gasteiger partial charge in [-0.15, -0.1) is 0 Å². The van der Waals surface area contributed by atoms with Gasteiger partial charge in [0, 0.05) is 7.05 Å². The summed E-state index contributed by atoms with van der Waals surface area (Å²) >= 11 is 1.38. The predicted molar refractivity (Wildman–Crippen MR) is 122 cm³/mol. The highest BCUT2D eigenvalue weighted by Gasteiger charge is 2.41. The van der Waals surface area contributed by atoms with E-state index < -0.39 is 55.4 Å². The first-order chi connectivity index (χ1) is 15.5. The minimum absolute atomic E-state index is 0.264. The molecule has 2 N–H and O–H groups in total. The first-order valence-corrected chi connectivity index (χ1v) is 14.1. The van der Waals surface area contributed by atoms with Gasteiger partial charge in [0.2, 0.25) is 5.91 Å². The second-order valence-electron chi connectivity index (χ2n) is 7.59. The van der Waals surface area contributed by atoms with Crippen LogP contribution in [0.15, 0.2) is 35.0 Å². The van der Waals surface area contributed by atoms with E-state index >= 15 is 0 Å². The summed E-state index contributed by atoms with van der Waals surface area (Å²) in [4.78, 5) is 25.8. The number of rotatable bonds is 10. The second kappa shape index (κ2) is 11.3. The van der Waals surface area contributed by atoms with Crippen LogP contribution in [0.4, 0.5) is 17.6 Å². The molecule has 0 saturated heterocycles. The Kier molecular flexibility index (Phi) is 9.21. The van der Waals surface area contributed by atoms with Crippen LogP contribution in [0, 0.1) is 5.82 Å². The summed E-state index contributed by atoms with van der Waals surface area (Å²) < 4.78 is 60.4. The van der Waals surface area contributed by atoms with Crippen molar-refractivity contribution in [2.24, 2.45) is 0 Å². The fourth-order valence-corrected chi connectivity index (χ4v) is 7.13. The number of carbonyl (C=O) groups is 2. The van der Waals surface area contributed by atoms with E-state index in [1.54, 1.807) is 16.8 Å². The summed E-state index contributed by atoms with van der Waals surface area (Å²) in [6, 6.07) is 4.57. The highest BCUT2D eigenvalue weighted by atomic mass is 32.1. The Morgan fingerprint density at radius 2 is 1.76 bits per heavy atom. The maximum atomic E-state index is 13.5. The van der Waals surface area contributed by atoms with E-state index in [-0.39, 0.29) is 6.07 Å². The molecule has 1 aromatic heterocycles. The molecule has 0 aliphatic carbocycles. The van der Waals surface area contributed by atoms with Crippen molar-refractivity contribution in [1.82, 2.24) is 10.6 Å². The van der Waals surface area contributed by atoms with Crippen LogP contribution < -0.4 is 10.6 Å². The second-order valence-corrected chi connectivity index (χ2v) is 13.1. The number of likely N-dealkylation sites (N-methyl/N-ethyl adjacent to an activating group) is 1. The van der Waals surface area contributed by atoms with Gasteiger partial charge in [0.15, 0.2) is 8.32 Å². The Morgan fingerprint density at radius 3 is 2.24 bits per heavy atom. The van der Waals surface area contributed by atoms with Gasteiger partial charge < -0.3 is 15.1 Å². The van der Waals surface area contributed by atoms with Crippen molar-refractivity contribution < 1.29 is 31.6 Å². The lowest BCUT2D eigenvalue weighted by atomic mass is 10.0. The average molecular weight is 505 g/mol. The minimum Gasteiger partial charge on any atom is -0.407 e. The summed E-state index contributed by atoms with van der Waals surface area (Å²) in [6.07, 6.45) is -5.84. The van der Waals surface area contributed by atoms with Crippen LogP contribution in [-0.2, 0) is 15.4 Å². The molecule has 1 aromatic carbocycles. The Labute approximate surface area is 195 Å². The molecule has 0 bridgehead atoms. The van der Waals surface area contributed by atoms with Crippen LogP contribution in [0.3, 0.4) is 0 Å². The minimum atomic E-state index is -4.95. The van der Waals surface area contributed by atoms with Crippen LogP contribution in [0.25, 0.3) is 0 Å². The summed E-state index contributed by atoms with van der Waals surface area (Å²) in [7, 11) is -0.922. The molecule has 2 amide bonds. The summed E-state index contributed by atoms with van der Waals surface area (Å²) in [6.45, 7) is 6.02. The van der Waals surface area contributed by atoms with Crippen molar-refractivity contribution in [2.45, 2.75) is 57.2 Å². The monoisotopic (exact) mass is 504 g/mol. The number of hydrogen-bond acceptors (Lipinski definition) is 4. The lowest BCUT2D eigenvalue weighted by Gasteiger charge is -2.36. The standard InChI is InChI=1S/C22H28F4N2O3SSi/c1-5-33(6-2,7-3)31-19(14-10-11-32-13-14)18(21(30)27-4)28-20(29)16-9-8-15(23)12-17(16)22(24,25)26/h8-13,18-19H,5-7H2,1-4H3,(H,27,30)(H,28,29). The molecule has 0 spiro atoms. The molecule has 33 heavy (non-hydrogen) atoms. The Bertz CT molecular complexity index is 941. The molecule has 2 rings (SSSR count). The van der Waals surface area contributed by atoms with Gasteiger partial charge in [0.1, 0.15) is 18.0 Å². The van der Waals surface area contributed by atoms with Gasteiger partial charge in [-0.2, -0.15) is 24.5 Å². The number of carbonyl (C=O) groups excluding carboxylic acids is 2. The molecule has 0 fully saturated rings. The fourth-order valence-electron chi connectivity index (χ4n) is 3.64. The first kappa shape index (κ1) is 27.0. The number of thiophene rings is 1. The molecule has 0 radical (unpaired) electrons. The van der Waals surface area contributed by atoms with Crippen molar-refractivity contribution in [3.8, 4) is 0 Å². The van der Waals surface area contributed by atoms with Crippen molar-refractivity contribution in [3.63, 3.8) is 0 Å². The van der Waals surface area contributed by atoms with Crippen molar-refractivity contribution in [1.29, 1.82) is 0 Å². The SMILES string of the molecule is CC[Si](CC)(CC)OC(c1ccsc1)C(NC(=O)c1ccc(F)cc1C(F)(F)F)C(=O)NC. The van der Waals surface area contributed by atoms with Crippen LogP contribution in [-0.4, -0.2) is 33.2 Å². The molecule has 182 valence electrons. The molecule has 2 atom stereocenters. The van der Waals surface area contributed by atoms with Crippen molar-refractivity contribution >= 4 is 31.5 Å². The lowest BCUT2D eigenvalue weighted by molar-refractivity contribution is -0.138. The summed E-state index contributed by atoms with van der Waals surface area (Å²) in [5, 5.41) is 8.47. The molecule has 2 unspecified atom stereocenters. The number of alkyl halides is 3. The quantitative estimate of drug-likeness (QED) is 0.331. The van der Waals surface area contributed by atoms with Gasteiger partial charge in [-0.25, -0.2) is 4.39 Å². The molecule has 1 heterocycles. The smallest absolute Gasteiger partial charge is 0.407 e. The predicted octanol–water partition coefficient (Wildman–Crippen LogP) is 5.51. The van der Waals surface area contributed by atoms with Gasteiger partial charge in [0.05, 0.1) is 11.1 Å². The molecule has 5 nitrogen and oxygen atoms in total. The van der Waals surface area contributed by atoms with Crippen LogP contribution in [0.5, 0.6) is 0 Å². The zero-order valence-electron chi connectivity index (χ0n) is 18.9. The molecule has 0 aliphatic heterocycles. The molecular formula is C22H28F4N2O3SSi. The van der Waals surface area contributed by atoms with E-state index in [1.165, 1.54) is 18.4 Å². The maximum absolute atomic E-state index is 13.5. The van der Waals surface area contributed by atoms with Crippen molar-refractivity contribution in [3.05, 3.63) is 57.5 Å². The largest absolute Gasteiger partial charge is 0.417 e. The number of benzene rings is 1. The fraction of sp³-hybridized carbons (Fsp3) is 0.455. The van der Waals surface area contributed by atoms with Crippen LogP contribution >= 0.6 is 11.3 Å². The van der Waals surface area contributed by atoms with Gasteiger partial charge in [0.25, 0.3) is 5.91 Å². The third-order valence-corrected chi connectivity index (χ3v) is 11.2. The van der Waals surface area contributed by atoms with E-state index in [0.29, 0.717) is 5.56 Å². The van der Waals surface area contributed by atoms with E-state index in [1.807, 2.05) is 20.8 Å². The highest BCUT2D eigenvalue weighted by molar-refractivity contribution is 7.08. The van der Waals surface area contributed by atoms with Gasteiger partial charge in [-0.3, -0.25) is 9.59 Å². The van der Waals surface area contributed by atoms with Gasteiger partial charge in [-0.1, -0.05) is 20.8 Å². The highest BCUT2D eigenvalue weighted by Crippen LogP contribution is 2.35. The Morgan fingerprint density at radius 1 is 1.12 bits per heavy atom. The van der Waals surface area contributed by atoms with Crippen molar-refractivity contribution in [2.75, 3.05) is 7.05 Å². The molecular weight excluding hydrogens is 476 g/mol. The number of halogens is 4. The normalized spacial score (nSPS) is 13.9. The number of amides is 2. The third kappa shape index (κ3) is 6.42. The van der Waals surface area contributed by atoms with Gasteiger partial charge >= 0.3 is 6.18 Å². The Hall–Kier alpha value is -2.24. The zero-order valence-corrected chi connectivity index (χ0v) is 20.7. The van der Waals surface area contributed by atoms with E-state index in [0.717, 1.165) is 30.3 Å². The maximum Gasteiger partial charge on any atom is 0.417 e. The molecule has 0 aliphatic rings. The summed E-state index contributed by atoms with van der Waals surface area (Å²) in [5.74, 6) is -2.87. The molecule has 0 saturated carbocycles. The van der Waals surface area contributed by atoms with E-state index in [2.05, 4.69) is 10.6 Å². The Balaban J connectivity index is 2.51. The van der Waals surface area contributed by atoms with Crippen LogP contribution in [0.1, 0.15) is 48.4 Å². The topological polar surface area (TPSA) is 67.4 Å². The lowest BCUT2D eigenvalue weighted by Crippen LogP contribution is -2.52. The zero-order chi connectivity index (χ0) is 24.8. The number of hydrogen-bond donors (Lipinski definition) is 2. The number of nitrogens with one attached hydrogen (secondary N) is 2. The van der Waals surface area contributed by atoms with Crippen LogP contribution in [0.2, 0.25) is 18.1 Å².